The fourth-order valence-corrected chi connectivity index (χ4v) is 2.76. The van der Waals surface area contributed by atoms with Crippen molar-refractivity contribution < 1.29 is 22.7 Å². The number of rotatable bonds is 7. The number of hydrogen-bond acceptors (Lipinski definition) is 5. The molecule has 0 aliphatic carbocycles. The Morgan fingerprint density at radius 3 is 2.27 bits per heavy atom. The Hall–Kier alpha value is -3.13. The van der Waals surface area contributed by atoms with Gasteiger partial charge in [0.2, 0.25) is 0 Å². The highest BCUT2D eigenvalue weighted by atomic mass is 32.2. The maximum atomic E-state index is 12.1. The molecule has 0 aromatic heterocycles. The van der Waals surface area contributed by atoms with Crippen LogP contribution < -0.4 is 10.5 Å². The molecule has 3 N–H and O–H groups in total. The fraction of sp³-hybridized carbons (Fsp3) is 0.111. The minimum Gasteiger partial charge on any atom is -0.449 e. The molecule has 1 amide bonds. The van der Waals surface area contributed by atoms with Gasteiger partial charge < -0.3 is 10.5 Å². The van der Waals surface area contributed by atoms with Crippen molar-refractivity contribution in [3.8, 4) is 0 Å². The lowest BCUT2D eigenvalue weighted by Gasteiger charge is -2.10. The van der Waals surface area contributed by atoms with Crippen molar-refractivity contribution in [3.63, 3.8) is 0 Å². The van der Waals surface area contributed by atoms with Gasteiger partial charge in [0.15, 0.2) is 6.10 Å². The number of primary amides is 1. The lowest BCUT2D eigenvalue weighted by molar-refractivity contribution is -0.125. The quantitative estimate of drug-likeness (QED) is 0.720. The summed E-state index contributed by atoms with van der Waals surface area (Å²) in [6, 6.07) is 14.6. The molecule has 7 nitrogen and oxygen atoms in total. The number of anilines is 1. The number of carbonyl (C=O) groups excluding carboxylic acids is 2. The Morgan fingerprint density at radius 1 is 1.08 bits per heavy atom. The molecule has 0 saturated heterocycles. The Bertz CT molecular complexity index is 906. The van der Waals surface area contributed by atoms with Crippen molar-refractivity contribution in [2.75, 3.05) is 4.72 Å². The molecule has 2 aromatic rings. The number of esters is 1. The van der Waals surface area contributed by atoms with Crippen molar-refractivity contribution in [1.82, 2.24) is 0 Å². The van der Waals surface area contributed by atoms with Crippen LogP contribution in [-0.4, -0.2) is 26.4 Å². The van der Waals surface area contributed by atoms with Gasteiger partial charge in [-0.2, -0.15) is 0 Å². The zero-order chi connectivity index (χ0) is 19.2. The summed E-state index contributed by atoms with van der Waals surface area (Å²) >= 11 is 0. The van der Waals surface area contributed by atoms with Crippen molar-refractivity contribution in [2.24, 2.45) is 5.73 Å². The number of carbonyl (C=O) groups is 2. The molecule has 2 rings (SSSR count). The van der Waals surface area contributed by atoms with E-state index in [2.05, 4.69) is 4.72 Å². The molecule has 2 aromatic carbocycles. The van der Waals surface area contributed by atoms with Crippen LogP contribution in [0.5, 0.6) is 0 Å². The average molecular weight is 374 g/mol. The van der Waals surface area contributed by atoms with Crippen LogP contribution >= 0.6 is 0 Å². The first-order chi connectivity index (χ1) is 12.3. The van der Waals surface area contributed by atoms with E-state index in [9.17, 15) is 18.0 Å². The number of nitrogens with two attached hydrogens (primary N) is 1. The molecule has 0 bridgehead atoms. The van der Waals surface area contributed by atoms with Gasteiger partial charge >= 0.3 is 5.97 Å². The highest BCUT2D eigenvalue weighted by Gasteiger charge is 2.16. The Balaban J connectivity index is 2.03. The van der Waals surface area contributed by atoms with Crippen LogP contribution in [0.1, 0.15) is 22.8 Å². The topological polar surface area (TPSA) is 116 Å². The van der Waals surface area contributed by atoms with Crippen LogP contribution in [0.15, 0.2) is 60.0 Å². The summed E-state index contributed by atoms with van der Waals surface area (Å²) < 4.78 is 31.4. The summed E-state index contributed by atoms with van der Waals surface area (Å²) in [6.45, 7) is 1.36. The van der Waals surface area contributed by atoms with E-state index in [0.29, 0.717) is 0 Å². The maximum Gasteiger partial charge on any atom is 0.338 e. The molecular formula is C18H18N2O5S. The van der Waals surface area contributed by atoms with E-state index in [4.69, 9.17) is 10.5 Å². The van der Waals surface area contributed by atoms with E-state index in [1.807, 2.05) is 6.07 Å². The van der Waals surface area contributed by atoms with Gasteiger partial charge in [0.25, 0.3) is 15.9 Å². The van der Waals surface area contributed by atoms with Gasteiger partial charge in [-0.3, -0.25) is 9.52 Å². The van der Waals surface area contributed by atoms with Gasteiger partial charge in [-0.15, -0.1) is 0 Å². The summed E-state index contributed by atoms with van der Waals surface area (Å²) in [7, 11) is -3.70. The molecule has 0 unspecified atom stereocenters. The van der Waals surface area contributed by atoms with Crippen LogP contribution in [0.3, 0.4) is 0 Å². The molecule has 0 spiro atoms. The summed E-state index contributed by atoms with van der Waals surface area (Å²) in [4.78, 5) is 22.7. The number of nitrogens with one attached hydrogen (secondary N) is 1. The molecule has 136 valence electrons. The first kappa shape index (κ1) is 19.2. The molecule has 8 heteroatoms. The number of hydrogen-bond donors (Lipinski definition) is 2. The van der Waals surface area contributed by atoms with Crippen molar-refractivity contribution in [1.29, 1.82) is 0 Å². The molecule has 26 heavy (non-hydrogen) atoms. The molecule has 1 atom stereocenters. The van der Waals surface area contributed by atoms with Gasteiger partial charge in [0, 0.05) is 5.69 Å². The third-order valence-electron chi connectivity index (χ3n) is 3.30. The Labute approximate surface area is 151 Å². The van der Waals surface area contributed by atoms with Gasteiger partial charge in [0.05, 0.1) is 11.0 Å². The monoisotopic (exact) mass is 374 g/mol. The van der Waals surface area contributed by atoms with Crippen molar-refractivity contribution in [3.05, 3.63) is 71.1 Å². The second-order valence-electron chi connectivity index (χ2n) is 5.39. The normalized spacial score (nSPS) is 12.5. The van der Waals surface area contributed by atoms with Crippen molar-refractivity contribution >= 4 is 33.7 Å². The molecule has 0 heterocycles. The molecule has 0 aliphatic heterocycles. The number of ether oxygens (including phenoxy) is 1. The summed E-state index contributed by atoms with van der Waals surface area (Å²) in [6.07, 6.45) is 0.419. The Kier molecular flexibility index (Phi) is 6.13. The minimum atomic E-state index is -3.70. The average Bonchev–Trinajstić information content (AvgIpc) is 2.61. The molecule has 0 saturated carbocycles. The van der Waals surface area contributed by atoms with Gasteiger partial charge in [-0.1, -0.05) is 30.3 Å². The number of benzene rings is 2. The summed E-state index contributed by atoms with van der Waals surface area (Å²) in [5.41, 5.74) is 6.22. The minimum absolute atomic E-state index is 0.167. The number of sulfonamides is 1. The lowest BCUT2D eigenvalue weighted by Crippen LogP contribution is -2.30. The number of amides is 1. The SMILES string of the molecule is C[C@@H](OC(=O)c1ccc(NS(=O)(=O)/C=C/c2ccccc2)cc1)C(N)=O. The third-order valence-corrected chi connectivity index (χ3v) is 4.32. The smallest absolute Gasteiger partial charge is 0.338 e. The van der Waals surface area contributed by atoms with Crippen LogP contribution in [0.25, 0.3) is 6.08 Å². The predicted octanol–water partition coefficient (Wildman–Crippen LogP) is 2.13. The van der Waals surface area contributed by atoms with E-state index in [-0.39, 0.29) is 11.3 Å². The summed E-state index contributed by atoms with van der Waals surface area (Å²) in [5.74, 6) is -1.48. The highest BCUT2D eigenvalue weighted by molar-refractivity contribution is 7.95. The molecule has 0 aliphatic rings. The van der Waals surface area contributed by atoms with E-state index >= 15 is 0 Å². The highest BCUT2D eigenvalue weighted by Crippen LogP contribution is 2.14. The van der Waals surface area contributed by atoms with Gasteiger partial charge in [0.1, 0.15) is 0 Å². The van der Waals surface area contributed by atoms with E-state index in [0.717, 1.165) is 11.0 Å². The largest absolute Gasteiger partial charge is 0.449 e. The van der Waals surface area contributed by atoms with Crippen LogP contribution in [0, 0.1) is 0 Å². The molecular weight excluding hydrogens is 356 g/mol. The van der Waals surface area contributed by atoms with Gasteiger partial charge in [-0.05, 0) is 42.8 Å². The predicted molar refractivity (Wildman–Crippen MR) is 98.5 cm³/mol. The van der Waals surface area contributed by atoms with Gasteiger partial charge in [-0.25, -0.2) is 13.2 Å². The zero-order valence-corrected chi connectivity index (χ0v) is 14.8. The Morgan fingerprint density at radius 2 is 1.69 bits per heavy atom. The standard InChI is InChI=1S/C18H18N2O5S/c1-13(17(19)21)25-18(22)15-7-9-16(10-8-15)20-26(23,24)12-11-14-5-3-2-4-6-14/h2-13,20H,1H3,(H2,19,21)/b12-11+/t13-/m1/s1. The second-order valence-corrected chi connectivity index (χ2v) is 6.95. The van der Waals surface area contributed by atoms with Crippen LogP contribution in [0.2, 0.25) is 0 Å². The first-order valence-electron chi connectivity index (χ1n) is 7.63. The van der Waals surface area contributed by atoms with Crippen LogP contribution in [-0.2, 0) is 19.6 Å². The molecule has 0 radical (unpaired) electrons. The van der Waals surface area contributed by atoms with E-state index in [1.165, 1.54) is 37.3 Å². The van der Waals surface area contributed by atoms with Crippen LogP contribution in [0.4, 0.5) is 5.69 Å². The zero-order valence-electron chi connectivity index (χ0n) is 14.0. The lowest BCUT2D eigenvalue weighted by atomic mass is 10.2. The van der Waals surface area contributed by atoms with E-state index < -0.39 is 28.0 Å². The maximum absolute atomic E-state index is 12.1. The fourth-order valence-electron chi connectivity index (χ4n) is 1.89. The first-order valence-corrected chi connectivity index (χ1v) is 9.18. The van der Waals surface area contributed by atoms with E-state index in [1.54, 1.807) is 24.3 Å². The third kappa shape index (κ3) is 5.75. The molecule has 0 fully saturated rings. The van der Waals surface area contributed by atoms with Crippen molar-refractivity contribution in [2.45, 2.75) is 13.0 Å². The summed E-state index contributed by atoms with van der Waals surface area (Å²) in [5, 5.41) is 1.05. The second kappa shape index (κ2) is 8.30.